The summed E-state index contributed by atoms with van der Waals surface area (Å²) in [5.74, 6) is 0.287. The highest BCUT2D eigenvalue weighted by Crippen LogP contribution is 2.25. The third-order valence-corrected chi connectivity index (χ3v) is 2.32. The fraction of sp³-hybridized carbons (Fsp3) is 0.500. The number of allylic oxidation sites excluding steroid dienone is 1. The molecular formula is C6H8OS. The third-order valence-electron chi connectivity index (χ3n) is 1.21. The second-order valence-corrected chi connectivity index (χ2v) is 3.16. The molecule has 44 valence electrons. The number of Topliss-reactive ketones (excluding diaryl/α,β-unsaturated/α-hetero) is 1. The average Bonchev–Trinajstić information content (AvgIpc) is 1.98. The van der Waals surface area contributed by atoms with Crippen molar-refractivity contribution in [2.75, 3.05) is 0 Å². The summed E-state index contributed by atoms with van der Waals surface area (Å²) >= 11 is 1.60. The Morgan fingerprint density at radius 1 is 1.75 bits per heavy atom. The van der Waals surface area contributed by atoms with Crippen LogP contribution in [-0.4, -0.2) is 11.0 Å². The van der Waals surface area contributed by atoms with Crippen molar-refractivity contribution >= 4 is 17.5 Å². The van der Waals surface area contributed by atoms with Crippen molar-refractivity contribution in [2.45, 2.75) is 19.1 Å². The molecule has 8 heavy (non-hydrogen) atoms. The molecule has 0 amide bonds. The molecule has 1 aliphatic rings. The van der Waals surface area contributed by atoms with E-state index in [0.717, 1.165) is 5.57 Å². The fourth-order valence-corrected chi connectivity index (χ4v) is 1.48. The molecule has 2 heteroatoms. The van der Waals surface area contributed by atoms with Gasteiger partial charge in [0.1, 0.15) is 0 Å². The van der Waals surface area contributed by atoms with Gasteiger partial charge in [-0.05, 0) is 24.8 Å². The van der Waals surface area contributed by atoms with E-state index >= 15 is 0 Å². The van der Waals surface area contributed by atoms with Gasteiger partial charge in [0.25, 0.3) is 0 Å². The minimum absolute atomic E-state index is 0.176. The number of hydrogen-bond donors (Lipinski definition) is 0. The monoisotopic (exact) mass is 128 g/mol. The lowest BCUT2D eigenvalue weighted by Crippen LogP contribution is -2.07. The van der Waals surface area contributed by atoms with Crippen molar-refractivity contribution in [3.8, 4) is 0 Å². The topological polar surface area (TPSA) is 17.1 Å². The van der Waals surface area contributed by atoms with Crippen LogP contribution in [0.15, 0.2) is 11.0 Å². The van der Waals surface area contributed by atoms with E-state index in [-0.39, 0.29) is 11.0 Å². The van der Waals surface area contributed by atoms with E-state index in [1.165, 1.54) is 0 Å². The van der Waals surface area contributed by atoms with E-state index in [9.17, 15) is 4.79 Å². The molecule has 1 aliphatic heterocycles. The van der Waals surface area contributed by atoms with E-state index in [1.807, 2.05) is 19.3 Å². The van der Waals surface area contributed by atoms with Crippen molar-refractivity contribution < 1.29 is 4.79 Å². The van der Waals surface area contributed by atoms with Crippen LogP contribution >= 0.6 is 11.8 Å². The quantitative estimate of drug-likeness (QED) is 0.493. The first kappa shape index (κ1) is 5.89. The average molecular weight is 128 g/mol. The zero-order valence-corrected chi connectivity index (χ0v) is 5.79. The van der Waals surface area contributed by atoms with Gasteiger partial charge in [-0.2, -0.15) is 0 Å². The maximum atomic E-state index is 10.8. The van der Waals surface area contributed by atoms with Crippen molar-refractivity contribution in [1.82, 2.24) is 0 Å². The zero-order chi connectivity index (χ0) is 6.15. The lowest BCUT2D eigenvalue weighted by molar-refractivity contribution is -0.114. The molecule has 0 aromatic carbocycles. The SMILES string of the molecule is CC1=CSC(C)C1=O. The highest BCUT2D eigenvalue weighted by molar-refractivity contribution is 8.04. The molecule has 1 heterocycles. The Morgan fingerprint density at radius 2 is 2.38 bits per heavy atom. The molecule has 0 N–H and O–H groups in total. The highest BCUT2D eigenvalue weighted by atomic mass is 32.2. The standard InChI is InChI=1S/C6H8OS/c1-4-3-8-5(2)6(4)7/h3,5H,1-2H3. The van der Waals surface area contributed by atoms with E-state index in [0.29, 0.717) is 0 Å². The number of thioether (sulfide) groups is 1. The first-order valence-electron chi connectivity index (χ1n) is 2.58. The van der Waals surface area contributed by atoms with Crippen LogP contribution in [0.2, 0.25) is 0 Å². The van der Waals surface area contributed by atoms with Crippen LogP contribution in [0, 0.1) is 0 Å². The summed E-state index contributed by atoms with van der Waals surface area (Å²) < 4.78 is 0. The first-order chi connectivity index (χ1) is 3.72. The van der Waals surface area contributed by atoms with Crippen molar-refractivity contribution in [3.63, 3.8) is 0 Å². The van der Waals surface area contributed by atoms with Gasteiger partial charge >= 0.3 is 0 Å². The number of ketones is 1. The highest BCUT2D eigenvalue weighted by Gasteiger charge is 2.19. The molecule has 0 fully saturated rings. The van der Waals surface area contributed by atoms with E-state index in [2.05, 4.69) is 0 Å². The minimum atomic E-state index is 0.176. The van der Waals surface area contributed by atoms with Gasteiger partial charge in [0.2, 0.25) is 0 Å². The third kappa shape index (κ3) is 0.802. The molecule has 0 spiro atoms. The molecule has 0 radical (unpaired) electrons. The molecule has 0 aromatic heterocycles. The molecule has 1 atom stereocenters. The van der Waals surface area contributed by atoms with Gasteiger partial charge in [-0.25, -0.2) is 0 Å². The zero-order valence-electron chi connectivity index (χ0n) is 4.97. The largest absolute Gasteiger partial charge is 0.293 e. The predicted octanol–water partition coefficient (Wildman–Crippen LogP) is 1.59. The van der Waals surface area contributed by atoms with Gasteiger partial charge < -0.3 is 0 Å². The van der Waals surface area contributed by atoms with E-state index in [4.69, 9.17) is 0 Å². The van der Waals surface area contributed by atoms with Gasteiger partial charge in [-0.1, -0.05) is 0 Å². The van der Waals surface area contributed by atoms with Crippen LogP contribution in [0.3, 0.4) is 0 Å². The number of carbonyl (C=O) groups excluding carboxylic acids is 1. The van der Waals surface area contributed by atoms with E-state index < -0.39 is 0 Å². The lowest BCUT2D eigenvalue weighted by atomic mass is 10.2. The molecule has 0 aliphatic carbocycles. The number of hydrogen-bond acceptors (Lipinski definition) is 2. The first-order valence-corrected chi connectivity index (χ1v) is 3.52. The summed E-state index contributed by atoms with van der Waals surface area (Å²) in [6, 6.07) is 0. The lowest BCUT2D eigenvalue weighted by Gasteiger charge is -1.94. The normalized spacial score (nSPS) is 28.5. The van der Waals surface area contributed by atoms with Gasteiger partial charge in [0, 0.05) is 0 Å². The van der Waals surface area contributed by atoms with Gasteiger partial charge in [0.05, 0.1) is 5.25 Å². The minimum Gasteiger partial charge on any atom is -0.293 e. The summed E-state index contributed by atoms with van der Waals surface area (Å²) in [5, 5.41) is 2.10. The summed E-state index contributed by atoms with van der Waals surface area (Å²) in [7, 11) is 0. The second-order valence-electron chi connectivity index (χ2n) is 1.94. The van der Waals surface area contributed by atoms with Crippen molar-refractivity contribution in [2.24, 2.45) is 0 Å². The molecule has 1 nitrogen and oxygen atoms in total. The van der Waals surface area contributed by atoms with Crippen LogP contribution in [0.4, 0.5) is 0 Å². The molecule has 0 saturated heterocycles. The predicted molar refractivity (Wildman–Crippen MR) is 35.8 cm³/mol. The maximum Gasteiger partial charge on any atom is 0.172 e. The van der Waals surface area contributed by atoms with Gasteiger partial charge in [0.15, 0.2) is 5.78 Å². The van der Waals surface area contributed by atoms with Crippen LogP contribution in [-0.2, 0) is 4.79 Å². The molecular weight excluding hydrogens is 120 g/mol. The Balaban J connectivity index is 2.73. The van der Waals surface area contributed by atoms with Crippen LogP contribution in [0.1, 0.15) is 13.8 Å². The van der Waals surface area contributed by atoms with Crippen molar-refractivity contribution in [1.29, 1.82) is 0 Å². The molecule has 0 aromatic rings. The van der Waals surface area contributed by atoms with Gasteiger partial charge in [-0.3, -0.25) is 4.79 Å². The Bertz CT molecular complexity index is 149. The van der Waals surface area contributed by atoms with Crippen molar-refractivity contribution in [3.05, 3.63) is 11.0 Å². The Hall–Kier alpha value is -0.240. The fourth-order valence-electron chi connectivity index (χ4n) is 0.645. The summed E-state index contributed by atoms with van der Waals surface area (Å²) in [5.41, 5.74) is 0.905. The van der Waals surface area contributed by atoms with Crippen LogP contribution < -0.4 is 0 Å². The summed E-state index contributed by atoms with van der Waals surface area (Å²) in [4.78, 5) is 10.8. The number of rotatable bonds is 0. The maximum absolute atomic E-state index is 10.8. The second kappa shape index (κ2) is 1.94. The molecule has 1 unspecified atom stereocenters. The van der Waals surface area contributed by atoms with E-state index in [1.54, 1.807) is 11.8 Å². The summed E-state index contributed by atoms with van der Waals surface area (Å²) in [6.45, 7) is 3.79. The Morgan fingerprint density at radius 3 is 2.50 bits per heavy atom. The smallest absolute Gasteiger partial charge is 0.172 e. The van der Waals surface area contributed by atoms with Crippen LogP contribution in [0.5, 0.6) is 0 Å². The number of carbonyl (C=O) groups is 1. The Labute approximate surface area is 53.2 Å². The Kier molecular flexibility index (Phi) is 1.43. The summed E-state index contributed by atoms with van der Waals surface area (Å²) in [6.07, 6.45) is 0. The molecule has 0 bridgehead atoms. The molecule has 1 rings (SSSR count). The van der Waals surface area contributed by atoms with Gasteiger partial charge in [-0.15, -0.1) is 11.8 Å². The molecule has 0 saturated carbocycles. The van der Waals surface area contributed by atoms with Crippen LogP contribution in [0.25, 0.3) is 0 Å².